The molecule has 0 saturated heterocycles. The number of carbonyl (C=O) groups is 1. The van der Waals surface area contributed by atoms with Crippen molar-refractivity contribution in [1.82, 2.24) is 20.6 Å². The lowest BCUT2D eigenvalue weighted by Gasteiger charge is -2.04. The molecule has 0 bridgehead atoms. The van der Waals surface area contributed by atoms with Crippen molar-refractivity contribution in [3.63, 3.8) is 0 Å². The maximum Gasteiger partial charge on any atom is 0.407 e. The third-order valence-corrected chi connectivity index (χ3v) is 2.42. The van der Waals surface area contributed by atoms with Gasteiger partial charge >= 0.3 is 6.09 Å². The van der Waals surface area contributed by atoms with Crippen LogP contribution in [0, 0.1) is 0 Å². The number of ether oxygens (including phenoxy) is 1. The summed E-state index contributed by atoms with van der Waals surface area (Å²) >= 11 is 0. The molecule has 0 aliphatic heterocycles. The lowest BCUT2D eigenvalue weighted by molar-refractivity contribution is 0.146. The molecule has 0 saturated carbocycles. The fourth-order valence-electron chi connectivity index (χ4n) is 1.54. The number of alkyl carbamates (subject to hydrolysis) is 1. The second-order valence-corrected chi connectivity index (χ2v) is 3.79. The number of aromatic amines is 1. The van der Waals surface area contributed by atoms with Gasteiger partial charge in [-0.25, -0.2) is 9.78 Å². The van der Waals surface area contributed by atoms with Gasteiger partial charge in [0.2, 0.25) is 0 Å². The molecule has 96 valence electrons. The van der Waals surface area contributed by atoms with Gasteiger partial charge in [0, 0.05) is 6.54 Å². The van der Waals surface area contributed by atoms with Crippen molar-refractivity contribution in [2.45, 2.75) is 6.54 Å². The van der Waals surface area contributed by atoms with Crippen LogP contribution in [0.5, 0.6) is 0 Å². The van der Waals surface area contributed by atoms with Crippen molar-refractivity contribution in [3.8, 4) is 0 Å². The van der Waals surface area contributed by atoms with Crippen molar-refractivity contribution >= 4 is 17.1 Å². The number of hydrogen-bond donors (Lipinski definition) is 3. The lowest BCUT2D eigenvalue weighted by Crippen LogP contribution is -2.27. The second kappa shape index (κ2) is 6.02. The number of nitrogens with zero attached hydrogens (tertiary/aromatic N) is 1. The van der Waals surface area contributed by atoms with E-state index in [0.717, 1.165) is 11.0 Å². The predicted octanol–water partition coefficient (Wildman–Crippen LogP) is 1.01. The first-order valence-corrected chi connectivity index (χ1v) is 5.78. The summed E-state index contributed by atoms with van der Waals surface area (Å²) in [5.74, 6) is 0.710. The van der Waals surface area contributed by atoms with Crippen molar-refractivity contribution in [2.75, 3.05) is 20.2 Å². The maximum atomic E-state index is 11.3. The summed E-state index contributed by atoms with van der Waals surface area (Å²) in [5, 5.41) is 5.53. The molecule has 0 atom stereocenters. The summed E-state index contributed by atoms with van der Waals surface area (Å²) in [6.07, 6.45) is -0.439. The van der Waals surface area contributed by atoms with Gasteiger partial charge in [-0.05, 0) is 19.2 Å². The van der Waals surface area contributed by atoms with Crippen LogP contribution < -0.4 is 10.6 Å². The molecule has 0 aliphatic rings. The van der Waals surface area contributed by atoms with E-state index in [1.54, 1.807) is 7.05 Å². The van der Waals surface area contributed by atoms with Gasteiger partial charge in [-0.2, -0.15) is 0 Å². The Balaban J connectivity index is 1.84. The standard InChI is InChI=1S/C12H16N4O2/c1-13-6-7-18-12(17)14-8-11-15-9-4-2-3-5-10(9)16-11/h2-5,13H,6-8H2,1H3,(H,14,17)(H,15,16). The molecule has 6 nitrogen and oxygen atoms in total. The predicted molar refractivity (Wildman–Crippen MR) is 68.2 cm³/mol. The number of imidazole rings is 1. The number of nitrogens with one attached hydrogen (secondary N) is 3. The van der Waals surface area contributed by atoms with Gasteiger partial charge in [0.25, 0.3) is 0 Å². The molecule has 0 fully saturated rings. The first-order valence-electron chi connectivity index (χ1n) is 5.78. The fraction of sp³-hybridized carbons (Fsp3) is 0.333. The molecule has 6 heteroatoms. The average Bonchev–Trinajstić information content (AvgIpc) is 2.79. The molecule has 0 spiro atoms. The molecular formula is C12H16N4O2. The normalized spacial score (nSPS) is 10.5. The van der Waals surface area contributed by atoms with Gasteiger partial charge in [-0.15, -0.1) is 0 Å². The van der Waals surface area contributed by atoms with Crippen molar-refractivity contribution in [2.24, 2.45) is 0 Å². The van der Waals surface area contributed by atoms with Crippen LogP contribution in [0.25, 0.3) is 11.0 Å². The summed E-state index contributed by atoms with van der Waals surface area (Å²) in [7, 11) is 1.80. The number of rotatable bonds is 5. The highest BCUT2D eigenvalue weighted by molar-refractivity contribution is 5.74. The van der Waals surface area contributed by atoms with Gasteiger partial charge in [0.1, 0.15) is 12.4 Å². The van der Waals surface area contributed by atoms with Crippen LogP contribution >= 0.6 is 0 Å². The minimum atomic E-state index is -0.439. The van der Waals surface area contributed by atoms with Gasteiger partial charge in [-0.1, -0.05) is 12.1 Å². The molecule has 1 aromatic heterocycles. The number of carbonyl (C=O) groups excluding carboxylic acids is 1. The summed E-state index contributed by atoms with van der Waals surface area (Å²) in [5.41, 5.74) is 1.84. The Morgan fingerprint density at radius 1 is 1.44 bits per heavy atom. The Kier molecular flexibility index (Phi) is 4.14. The number of hydrogen-bond acceptors (Lipinski definition) is 4. The van der Waals surface area contributed by atoms with Crippen LogP contribution in [0.2, 0.25) is 0 Å². The molecule has 3 N–H and O–H groups in total. The quantitative estimate of drug-likeness (QED) is 0.690. The van der Waals surface area contributed by atoms with Crippen LogP contribution in [-0.4, -0.2) is 36.3 Å². The third kappa shape index (κ3) is 3.21. The Labute approximate surface area is 105 Å². The first-order chi connectivity index (χ1) is 8.79. The maximum absolute atomic E-state index is 11.3. The lowest BCUT2D eigenvalue weighted by atomic mass is 10.3. The number of aromatic nitrogens is 2. The summed E-state index contributed by atoms with van der Waals surface area (Å²) in [6.45, 7) is 1.31. The summed E-state index contributed by atoms with van der Waals surface area (Å²) in [4.78, 5) is 18.8. The number of fused-ring (bicyclic) bond motifs is 1. The monoisotopic (exact) mass is 248 g/mol. The molecule has 2 rings (SSSR count). The summed E-state index contributed by atoms with van der Waals surface area (Å²) in [6, 6.07) is 7.72. The highest BCUT2D eigenvalue weighted by Crippen LogP contribution is 2.09. The molecule has 1 amide bonds. The summed E-state index contributed by atoms with van der Waals surface area (Å²) < 4.78 is 4.92. The van der Waals surface area contributed by atoms with E-state index in [0.29, 0.717) is 25.5 Å². The Bertz CT molecular complexity index is 491. The van der Waals surface area contributed by atoms with E-state index in [9.17, 15) is 4.79 Å². The Morgan fingerprint density at radius 2 is 2.28 bits per heavy atom. The van der Waals surface area contributed by atoms with E-state index >= 15 is 0 Å². The van der Waals surface area contributed by atoms with E-state index in [2.05, 4.69) is 20.6 Å². The van der Waals surface area contributed by atoms with Crippen LogP contribution in [0.1, 0.15) is 5.82 Å². The highest BCUT2D eigenvalue weighted by atomic mass is 16.5. The van der Waals surface area contributed by atoms with Crippen molar-refractivity contribution < 1.29 is 9.53 Å². The van der Waals surface area contributed by atoms with E-state index in [4.69, 9.17) is 4.74 Å². The molecule has 2 aromatic rings. The van der Waals surface area contributed by atoms with Gasteiger partial charge in [0.15, 0.2) is 0 Å². The van der Waals surface area contributed by atoms with Crippen LogP contribution in [0.15, 0.2) is 24.3 Å². The largest absolute Gasteiger partial charge is 0.448 e. The average molecular weight is 248 g/mol. The Hall–Kier alpha value is -2.08. The number of likely N-dealkylation sites (N-methyl/N-ethyl adjacent to an activating group) is 1. The number of benzene rings is 1. The highest BCUT2D eigenvalue weighted by Gasteiger charge is 2.05. The van der Waals surface area contributed by atoms with E-state index in [1.165, 1.54) is 0 Å². The van der Waals surface area contributed by atoms with Crippen LogP contribution in [-0.2, 0) is 11.3 Å². The zero-order valence-corrected chi connectivity index (χ0v) is 10.2. The Morgan fingerprint density at radius 3 is 3.06 bits per heavy atom. The van der Waals surface area contributed by atoms with E-state index in [1.807, 2.05) is 24.3 Å². The van der Waals surface area contributed by atoms with Gasteiger partial charge in [-0.3, -0.25) is 0 Å². The smallest absolute Gasteiger partial charge is 0.407 e. The van der Waals surface area contributed by atoms with Crippen molar-refractivity contribution in [3.05, 3.63) is 30.1 Å². The van der Waals surface area contributed by atoms with Gasteiger partial charge < -0.3 is 20.4 Å². The number of H-pyrrole nitrogens is 1. The molecule has 1 aromatic carbocycles. The number of amides is 1. The second-order valence-electron chi connectivity index (χ2n) is 3.79. The zero-order valence-electron chi connectivity index (χ0n) is 10.2. The molecular weight excluding hydrogens is 232 g/mol. The third-order valence-electron chi connectivity index (χ3n) is 2.42. The molecule has 0 aliphatic carbocycles. The first kappa shape index (κ1) is 12.4. The molecule has 0 radical (unpaired) electrons. The van der Waals surface area contributed by atoms with Gasteiger partial charge in [0.05, 0.1) is 17.6 Å². The zero-order chi connectivity index (χ0) is 12.8. The van der Waals surface area contributed by atoms with Crippen LogP contribution in [0.3, 0.4) is 0 Å². The number of para-hydroxylation sites is 2. The minimum Gasteiger partial charge on any atom is -0.448 e. The molecule has 0 unspecified atom stereocenters. The molecule has 1 heterocycles. The van der Waals surface area contributed by atoms with E-state index in [-0.39, 0.29) is 0 Å². The fourth-order valence-corrected chi connectivity index (χ4v) is 1.54. The van der Waals surface area contributed by atoms with Crippen LogP contribution in [0.4, 0.5) is 4.79 Å². The van der Waals surface area contributed by atoms with E-state index < -0.39 is 6.09 Å². The van der Waals surface area contributed by atoms with Crippen molar-refractivity contribution in [1.29, 1.82) is 0 Å². The molecule has 18 heavy (non-hydrogen) atoms. The SMILES string of the molecule is CNCCOC(=O)NCc1nc2ccccc2[nH]1. The minimum absolute atomic E-state index is 0.326. The topological polar surface area (TPSA) is 79.0 Å².